The number of aryl methyl sites for hydroxylation is 1. The van der Waals surface area contributed by atoms with Gasteiger partial charge in [0.1, 0.15) is 12.4 Å². The lowest BCUT2D eigenvalue weighted by Crippen LogP contribution is -2.25. The van der Waals surface area contributed by atoms with Crippen LogP contribution >= 0.6 is 11.3 Å². The minimum absolute atomic E-state index is 0.199. The third kappa shape index (κ3) is 8.29. The summed E-state index contributed by atoms with van der Waals surface area (Å²) >= 11 is 1.69. The molecule has 0 radical (unpaired) electrons. The maximum absolute atomic E-state index is 11.4. The summed E-state index contributed by atoms with van der Waals surface area (Å²) in [5, 5.41) is 3.17. The predicted octanol–water partition coefficient (Wildman–Crippen LogP) is 7.74. The summed E-state index contributed by atoms with van der Waals surface area (Å²) in [7, 11) is 1.41. The molecule has 0 fully saturated rings. The molecule has 5 rings (SSSR count). The van der Waals surface area contributed by atoms with Gasteiger partial charge in [-0.25, -0.2) is 4.98 Å². The summed E-state index contributed by atoms with van der Waals surface area (Å²) in [5.41, 5.74) is 6.87. The maximum atomic E-state index is 11.4. The van der Waals surface area contributed by atoms with Gasteiger partial charge in [0.2, 0.25) is 0 Å². The van der Waals surface area contributed by atoms with Crippen molar-refractivity contribution in [1.29, 1.82) is 0 Å². The van der Waals surface area contributed by atoms with Crippen LogP contribution in [0.4, 0.5) is 5.13 Å². The van der Waals surface area contributed by atoms with Crippen LogP contribution in [0.5, 0.6) is 5.75 Å². The van der Waals surface area contributed by atoms with Gasteiger partial charge in [0.05, 0.1) is 12.8 Å². The molecule has 0 aliphatic carbocycles. The maximum Gasteiger partial charge on any atom is 0.305 e. The minimum atomic E-state index is -0.199. The van der Waals surface area contributed by atoms with E-state index in [4.69, 9.17) is 14.5 Å². The molecule has 5 aromatic rings. The first-order valence-corrected chi connectivity index (χ1v) is 14.7. The fourth-order valence-electron chi connectivity index (χ4n) is 4.61. The lowest BCUT2D eigenvalue weighted by Gasteiger charge is -2.22. The van der Waals surface area contributed by atoms with E-state index in [1.54, 1.807) is 11.3 Å². The third-order valence-corrected chi connectivity index (χ3v) is 7.79. The van der Waals surface area contributed by atoms with Crippen LogP contribution in [0, 0.1) is 0 Å². The summed E-state index contributed by atoms with van der Waals surface area (Å²) in [4.78, 5) is 18.8. The molecule has 5 nitrogen and oxygen atoms in total. The molecule has 1 aromatic heterocycles. The van der Waals surface area contributed by atoms with Gasteiger partial charge in [0, 0.05) is 30.5 Å². The van der Waals surface area contributed by atoms with Crippen molar-refractivity contribution >= 4 is 22.4 Å². The Morgan fingerprint density at radius 2 is 1.46 bits per heavy atom. The van der Waals surface area contributed by atoms with Crippen molar-refractivity contribution in [3.05, 3.63) is 137 Å². The van der Waals surface area contributed by atoms with E-state index >= 15 is 0 Å². The second-order valence-corrected chi connectivity index (χ2v) is 10.7. The van der Waals surface area contributed by atoms with E-state index in [0.717, 1.165) is 52.8 Å². The molecular formula is C35H34N2O3S. The number of methoxy groups -OCH3 is 1. The molecule has 1 heterocycles. The third-order valence-electron chi connectivity index (χ3n) is 6.88. The van der Waals surface area contributed by atoms with E-state index in [1.807, 2.05) is 30.3 Å². The number of aromatic nitrogens is 1. The van der Waals surface area contributed by atoms with Crippen LogP contribution in [0.15, 0.2) is 115 Å². The topological polar surface area (TPSA) is 51.7 Å². The highest BCUT2D eigenvalue weighted by Gasteiger charge is 2.14. The fraction of sp³-hybridized carbons (Fsp3) is 0.200. The van der Waals surface area contributed by atoms with Gasteiger partial charge in [-0.15, -0.1) is 11.3 Å². The molecule has 0 atom stereocenters. The molecule has 0 bridgehead atoms. The average Bonchev–Trinajstić information content (AvgIpc) is 3.53. The highest BCUT2D eigenvalue weighted by atomic mass is 32.1. The van der Waals surface area contributed by atoms with Crippen molar-refractivity contribution in [3.8, 4) is 17.0 Å². The molecular weight excluding hydrogens is 528 g/mol. The molecule has 208 valence electrons. The Bertz CT molecular complexity index is 1520. The Kier molecular flexibility index (Phi) is 9.80. The Balaban J connectivity index is 1.25. The standard InChI is InChI=1S/C35H34N2O3S/c1-39-34(38)20-17-28-15-18-32(19-16-28)40-25-30-12-8-11-29(23-30)24-37(22-21-27-9-4-2-5-10-27)35-36-33(26-41-35)31-13-6-3-7-14-31/h2-16,18-19,23,26H,17,20-22,24-25H2,1H3. The predicted molar refractivity (Wildman–Crippen MR) is 166 cm³/mol. The molecule has 0 saturated carbocycles. The molecule has 4 aromatic carbocycles. The van der Waals surface area contributed by atoms with Gasteiger partial charge in [-0.3, -0.25) is 4.79 Å². The van der Waals surface area contributed by atoms with Crippen molar-refractivity contribution in [2.24, 2.45) is 0 Å². The summed E-state index contributed by atoms with van der Waals surface area (Å²) in [5.74, 6) is 0.605. The van der Waals surface area contributed by atoms with Crippen LogP contribution in [0.2, 0.25) is 0 Å². The Labute approximate surface area is 246 Å². The number of esters is 1. The number of hydrogen-bond acceptors (Lipinski definition) is 6. The first kappa shape index (κ1) is 28.1. The molecule has 0 saturated heterocycles. The lowest BCUT2D eigenvalue weighted by atomic mass is 10.1. The first-order chi connectivity index (χ1) is 20.2. The average molecular weight is 563 g/mol. The van der Waals surface area contributed by atoms with Crippen molar-refractivity contribution in [3.63, 3.8) is 0 Å². The number of carbonyl (C=O) groups excluding carboxylic acids is 1. The number of benzene rings is 4. The number of thiazole rings is 1. The molecule has 0 amide bonds. The fourth-order valence-corrected chi connectivity index (χ4v) is 5.47. The molecule has 0 spiro atoms. The SMILES string of the molecule is COC(=O)CCc1ccc(OCc2cccc(CN(CCc3ccccc3)c3nc(-c4ccccc4)cs3)c2)cc1. The molecule has 41 heavy (non-hydrogen) atoms. The highest BCUT2D eigenvalue weighted by molar-refractivity contribution is 7.14. The second-order valence-electron chi connectivity index (χ2n) is 9.87. The van der Waals surface area contributed by atoms with Gasteiger partial charge in [0.15, 0.2) is 5.13 Å². The number of hydrogen-bond donors (Lipinski definition) is 0. The molecule has 0 N–H and O–H groups in total. The van der Waals surface area contributed by atoms with Gasteiger partial charge in [-0.1, -0.05) is 97.1 Å². The smallest absolute Gasteiger partial charge is 0.305 e. The van der Waals surface area contributed by atoms with Gasteiger partial charge in [-0.2, -0.15) is 0 Å². The number of ether oxygens (including phenoxy) is 2. The number of anilines is 1. The van der Waals surface area contributed by atoms with Gasteiger partial charge in [-0.05, 0) is 47.2 Å². The molecule has 0 aliphatic heterocycles. The van der Waals surface area contributed by atoms with Crippen molar-refractivity contribution in [1.82, 2.24) is 4.98 Å². The zero-order valence-corrected chi connectivity index (χ0v) is 24.1. The van der Waals surface area contributed by atoms with Crippen LogP contribution < -0.4 is 9.64 Å². The summed E-state index contributed by atoms with van der Waals surface area (Å²) < 4.78 is 10.8. The summed E-state index contributed by atoms with van der Waals surface area (Å²) in [6, 6.07) is 37.4. The van der Waals surface area contributed by atoms with E-state index < -0.39 is 0 Å². The Hall–Kier alpha value is -4.42. The summed E-state index contributed by atoms with van der Waals surface area (Å²) in [6.45, 7) is 2.11. The van der Waals surface area contributed by atoms with Crippen LogP contribution in [0.25, 0.3) is 11.3 Å². The van der Waals surface area contributed by atoms with E-state index in [-0.39, 0.29) is 5.97 Å². The van der Waals surface area contributed by atoms with Crippen molar-refractivity contribution in [2.75, 3.05) is 18.6 Å². The highest BCUT2D eigenvalue weighted by Crippen LogP contribution is 2.29. The Morgan fingerprint density at radius 3 is 2.22 bits per heavy atom. The van der Waals surface area contributed by atoms with Crippen LogP contribution in [-0.4, -0.2) is 24.6 Å². The van der Waals surface area contributed by atoms with Gasteiger partial charge >= 0.3 is 5.97 Å². The molecule has 6 heteroatoms. The quantitative estimate of drug-likeness (QED) is 0.137. The lowest BCUT2D eigenvalue weighted by molar-refractivity contribution is -0.140. The summed E-state index contributed by atoms with van der Waals surface area (Å²) in [6.07, 6.45) is 1.97. The van der Waals surface area contributed by atoms with E-state index in [9.17, 15) is 4.79 Å². The van der Waals surface area contributed by atoms with Crippen LogP contribution in [0.1, 0.15) is 28.7 Å². The van der Waals surface area contributed by atoms with Crippen LogP contribution in [-0.2, 0) is 35.5 Å². The number of rotatable bonds is 13. The van der Waals surface area contributed by atoms with E-state index in [0.29, 0.717) is 19.4 Å². The van der Waals surface area contributed by atoms with E-state index in [1.165, 1.54) is 18.2 Å². The minimum Gasteiger partial charge on any atom is -0.489 e. The number of carbonyl (C=O) groups is 1. The van der Waals surface area contributed by atoms with Gasteiger partial charge < -0.3 is 14.4 Å². The normalized spacial score (nSPS) is 10.8. The van der Waals surface area contributed by atoms with Gasteiger partial charge in [0.25, 0.3) is 0 Å². The molecule has 0 unspecified atom stereocenters. The zero-order chi connectivity index (χ0) is 28.3. The molecule has 0 aliphatic rings. The second kappa shape index (κ2) is 14.3. The zero-order valence-electron chi connectivity index (χ0n) is 23.2. The largest absolute Gasteiger partial charge is 0.489 e. The van der Waals surface area contributed by atoms with Crippen LogP contribution in [0.3, 0.4) is 0 Å². The Morgan fingerprint density at radius 1 is 0.780 bits per heavy atom. The monoisotopic (exact) mass is 562 g/mol. The van der Waals surface area contributed by atoms with E-state index in [2.05, 4.69) is 89.1 Å². The van der Waals surface area contributed by atoms with Crippen molar-refractivity contribution in [2.45, 2.75) is 32.4 Å². The number of nitrogens with zero attached hydrogens (tertiary/aromatic N) is 2. The first-order valence-electron chi connectivity index (χ1n) is 13.8. The van der Waals surface area contributed by atoms with Crippen molar-refractivity contribution < 1.29 is 14.3 Å².